The van der Waals surface area contributed by atoms with Crippen molar-refractivity contribution in [2.75, 3.05) is 5.32 Å². The summed E-state index contributed by atoms with van der Waals surface area (Å²) in [5.41, 5.74) is 2.54. The number of aromatic amines is 1. The van der Waals surface area contributed by atoms with E-state index in [0.717, 1.165) is 28.4 Å². The highest BCUT2D eigenvalue weighted by Crippen LogP contribution is 2.49. The molecule has 1 aliphatic carbocycles. The van der Waals surface area contributed by atoms with Crippen molar-refractivity contribution in [1.29, 1.82) is 0 Å². The first-order chi connectivity index (χ1) is 12.6. The van der Waals surface area contributed by atoms with Gasteiger partial charge in [0.2, 0.25) is 5.91 Å². The lowest BCUT2D eigenvalue weighted by Gasteiger charge is -2.16. The monoisotopic (exact) mass is 409 g/mol. The molecular weight excluding hydrogens is 394 g/mol. The zero-order valence-corrected chi connectivity index (χ0v) is 15.4. The van der Waals surface area contributed by atoms with Crippen molar-refractivity contribution in [2.24, 2.45) is 0 Å². The van der Waals surface area contributed by atoms with E-state index in [1.807, 2.05) is 48.5 Å². The van der Waals surface area contributed by atoms with Crippen LogP contribution in [0.15, 0.2) is 69.9 Å². The van der Waals surface area contributed by atoms with Gasteiger partial charge in [-0.3, -0.25) is 9.59 Å². The molecule has 0 aliphatic heterocycles. The number of aromatic nitrogens is 2. The molecule has 2 N–H and O–H groups in total. The van der Waals surface area contributed by atoms with Gasteiger partial charge < -0.3 is 5.32 Å². The van der Waals surface area contributed by atoms with Crippen molar-refractivity contribution in [3.63, 3.8) is 0 Å². The number of anilines is 1. The number of nitrogens with zero attached hydrogens (tertiary/aromatic N) is 1. The number of halogens is 1. The first kappa shape index (κ1) is 16.7. The molecule has 1 aliphatic rings. The number of carbonyl (C=O) groups is 1. The molecule has 130 valence electrons. The number of rotatable bonds is 4. The second kappa shape index (κ2) is 6.53. The summed E-state index contributed by atoms with van der Waals surface area (Å²) in [6.45, 7) is 0. The minimum Gasteiger partial charge on any atom is -0.325 e. The van der Waals surface area contributed by atoms with Crippen LogP contribution >= 0.6 is 15.9 Å². The summed E-state index contributed by atoms with van der Waals surface area (Å²) in [7, 11) is 0. The Bertz CT molecular complexity index is 1000. The number of amides is 1. The lowest BCUT2D eigenvalue weighted by Crippen LogP contribution is -2.27. The number of hydrogen-bond acceptors (Lipinski definition) is 3. The molecular formula is C20H16BrN3O2. The summed E-state index contributed by atoms with van der Waals surface area (Å²) in [6, 6.07) is 18.5. The van der Waals surface area contributed by atoms with Crippen LogP contribution in [0.25, 0.3) is 11.3 Å². The largest absolute Gasteiger partial charge is 0.325 e. The van der Waals surface area contributed by atoms with Gasteiger partial charge in [-0.05, 0) is 48.7 Å². The predicted octanol–water partition coefficient (Wildman–Crippen LogP) is 3.87. The summed E-state index contributed by atoms with van der Waals surface area (Å²) in [5, 5.41) is 9.48. The van der Waals surface area contributed by atoms with E-state index in [4.69, 9.17) is 0 Å². The molecule has 1 amide bonds. The van der Waals surface area contributed by atoms with E-state index in [0.29, 0.717) is 11.4 Å². The molecule has 0 unspecified atom stereocenters. The zero-order valence-electron chi connectivity index (χ0n) is 13.8. The quantitative estimate of drug-likeness (QED) is 0.686. The lowest BCUT2D eigenvalue weighted by atomic mass is 9.95. The summed E-state index contributed by atoms with van der Waals surface area (Å²) in [4.78, 5) is 24.0. The molecule has 6 heteroatoms. The average molecular weight is 410 g/mol. The Kier molecular flexibility index (Phi) is 4.20. The summed E-state index contributed by atoms with van der Waals surface area (Å²) in [5.74, 6) is 0.00593. The molecule has 0 saturated heterocycles. The minimum absolute atomic E-state index is 0.00593. The van der Waals surface area contributed by atoms with Gasteiger partial charge in [0.05, 0.1) is 11.1 Å². The lowest BCUT2D eigenvalue weighted by molar-refractivity contribution is -0.118. The molecule has 2 aromatic carbocycles. The second-order valence-electron chi connectivity index (χ2n) is 6.43. The molecule has 0 bridgehead atoms. The molecule has 0 atom stereocenters. The average Bonchev–Trinajstić information content (AvgIpc) is 3.45. The van der Waals surface area contributed by atoms with Crippen LogP contribution < -0.4 is 10.9 Å². The van der Waals surface area contributed by atoms with Crippen LogP contribution in [0, 0.1) is 0 Å². The maximum Gasteiger partial charge on any atom is 0.264 e. The van der Waals surface area contributed by atoms with Crippen molar-refractivity contribution < 1.29 is 4.79 Å². The van der Waals surface area contributed by atoms with Gasteiger partial charge in [-0.25, -0.2) is 5.10 Å². The standard InChI is InChI=1S/C20H16BrN3O2/c21-15-6-4-14(5-7-15)20(10-11-20)19(26)22-16-3-1-2-13(12-16)17-8-9-18(25)24-23-17/h1-9,12H,10-11H2,(H,22,26)(H,24,25). The molecule has 1 heterocycles. The van der Waals surface area contributed by atoms with Crippen LogP contribution in [0.2, 0.25) is 0 Å². The number of nitrogens with one attached hydrogen (secondary N) is 2. The molecule has 4 rings (SSSR count). The molecule has 0 spiro atoms. The Labute approximate surface area is 158 Å². The van der Waals surface area contributed by atoms with Gasteiger partial charge in [-0.1, -0.05) is 40.2 Å². The Morgan fingerprint density at radius 1 is 1.08 bits per heavy atom. The molecule has 1 aromatic heterocycles. The van der Waals surface area contributed by atoms with Crippen molar-refractivity contribution in [3.8, 4) is 11.3 Å². The second-order valence-corrected chi connectivity index (χ2v) is 7.35. The van der Waals surface area contributed by atoms with E-state index in [-0.39, 0.29) is 11.5 Å². The van der Waals surface area contributed by atoms with Crippen LogP contribution in [-0.2, 0) is 10.2 Å². The van der Waals surface area contributed by atoms with Crippen molar-refractivity contribution >= 4 is 27.5 Å². The smallest absolute Gasteiger partial charge is 0.264 e. The molecule has 26 heavy (non-hydrogen) atoms. The highest BCUT2D eigenvalue weighted by Gasteiger charge is 2.51. The number of carbonyl (C=O) groups excluding carboxylic acids is 1. The van der Waals surface area contributed by atoms with Gasteiger partial charge in [0.25, 0.3) is 5.56 Å². The summed E-state index contributed by atoms with van der Waals surface area (Å²) >= 11 is 3.43. The van der Waals surface area contributed by atoms with Crippen molar-refractivity contribution in [3.05, 3.63) is 81.1 Å². The molecule has 5 nitrogen and oxygen atoms in total. The maximum absolute atomic E-state index is 12.9. The Balaban J connectivity index is 1.56. The molecule has 1 saturated carbocycles. The topological polar surface area (TPSA) is 74.8 Å². The molecule has 0 radical (unpaired) electrons. The van der Waals surface area contributed by atoms with Gasteiger partial charge in [0, 0.05) is 21.8 Å². The molecule has 1 fully saturated rings. The highest BCUT2D eigenvalue weighted by atomic mass is 79.9. The highest BCUT2D eigenvalue weighted by molar-refractivity contribution is 9.10. The van der Waals surface area contributed by atoms with Crippen LogP contribution in [0.5, 0.6) is 0 Å². The van der Waals surface area contributed by atoms with Crippen molar-refractivity contribution in [1.82, 2.24) is 10.2 Å². The predicted molar refractivity (Wildman–Crippen MR) is 104 cm³/mol. The van der Waals surface area contributed by atoms with Crippen LogP contribution in [0.3, 0.4) is 0 Å². The summed E-state index contributed by atoms with van der Waals surface area (Å²) in [6.07, 6.45) is 1.70. The first-order valence-corrected chi connectivity index (χ1v) is 9.10. The van der Waals surface area contributed by atoms with Crippen LogP contribution in [-0.4, -0.2) is 16.1 Å². The van der Waals surface area contributed by atoms with E-state index < -0.39 is 5.41 Å². The third-order valence-corrected chi connectivity index (χ3v) is 5.21. The van der Waals surface area contributed by atoms with Gasteiger partial charge in [0.15, 0.2) is 0 Å². The zero-order chi connectivity index (χ0) is 18.1. The fourth-order valence-electron chi connectivity index (χ4n) is 3.05. The van der Waals surface area contributed by atoms with E-state index >= 15 is 0 Å². The van der Waals surface area contributed by atoms with Gasteiger partial charge in [0.1, 0.15) is 0 Å². The minimum atomic E-state index is -0.438. The Hall–Kier alpha value is -2.73. The van der Waals surface area contributed by atoms with Gasteiger partial charge in [-0.2, -0.15) is 5.10 Å². The SMILES string of the molecule is O=C(Nc1cccc(-c2ccc(=O)[nH]n2)c1)C1(c2ccc(Br)cc2)CC1. The Morgan fingerprint density at radius 3 is 2.50 bits per heavy atom. The van der Waals surface area contributed by atoms with E-state index in [1.54, 1.807) is 6.07 Å². The number of H-pyrrole nitrogens is 1. The van der Waals surface area contributed by atoms with E-state index in [1.165, 1.54) is 6.07 Å². The normalized spacial score (nSPS) is 14.7. The number of hydrogen-bond donors (Lipinski definition) is 2. The summed E-state index contributed by atoms with van der Waals surface area (Å²) < 4.78 is 0.999. The van der Waals surface area contributed by atoms with E-state index in [2.05, 4.69) is 31.4 Å². The van der Waals surface area contributed by atoms with Gasteiger partial charge >= 0.3 is 0 Å². The van der Waals surface area contributed by atoms with E-state index in [9.17, 15) is 9.59 Å². The molecule has 3 aromatic rings. The fourth-order valence-corrected chi connectivity index (χ4v) is 3.32. The van der Waals surface area contributed by atoms with Gasteiger partial charge in [-0.15, -0.1) is 0 Å². The fraction of sp³-hybridized carbons (Fsp3) is 0.150. The van der Waals surface area contributed by atoms with Crippen LogP contribution in [0.4, 0.5) is 5.69 Å². The van der Waals surface area contributed by atoms with Crippen LogP contribution in [0.1, 0.15) is 18.4 Å². The third kappa shape index (κ3) is 3.20. The third-order valence-electron chi connectivity index (χ3n) is 4.68. The maximum atomic E-state index is 12.9. The Morgan fingerprint density at radius 2 is 1.85 bits per heavy atom. The number of benzene rings is 2. The van der Waals surface area contributed by atoms with Crippen molar-refractivity contribution in [2.45, 2.75) is 18.3 Å². The first-order valence-electron chi connectivity index (χ1n) is 8.30.